The topological polar surface area (TPSA) is 15.3 Å². The van der Waals surface area contributed by atoms with Crippen molar-refractivity contribution in [3.63, 3.8) is 0 Å². The van der Waals surface area contributed by atoms with Crippen LogP contribution < -0.4 is 5.32 Å². The van der Waals surface area contributed by atoms with Gasteiger partial charge in [-0.3, -0.25) is 4.90 Å². The summed E-state index contributed by atoms with van der Waals surface area (Å²) in [7, 11) is 2.25. The molecule has 0 amide bonds. The lowest BCUT2D eigenvalue weighted by Gasteiger charge is -2.43. The van der Waals surface area contributed by atoms with E-state index in [0.29, 0.717) is 5.54 Å². The number of unbranched alkanes of at least 4 members (excludes halogenated alkanes) is 1. The van der Waals surface area contributed by atoms with Crippen molar-refractivity contribution in [1.82, 2.24) is 10.2 Å². The lowest BCUT2D eigenvalue weighted by molar-refractivity contribution is 0.0937. The zero-order valence-corrected chi connectivity index (χ0v) is 8.69. The van der Waals surface area contributed by atoms with E-state index in [0.717, 1.165) is 13.1 Å². The van der Waals surface area contributed by atoms with Crippen molar-refractivity contribution in [2.75, 3.05) is 26.7 Å². The summed E-state index contributed by atoms with van der Waals surface area (Å²) < 4.78 is 0. The minimum atomic E-state index is 0.411. The minimum Gasteiger partial charge on any atom is -0.314 e. The summed E-state index contributed by atoms with van der Waals surface area (Å²) in [5, 5.41) is 3.47. The van der Waals surface area contributed by atoms with E-state index < -0.39 is 0 Å². The van der Waals surface area contributed by atoms with E-state index in [1.165, 1.54) is 25.8 Å². The summed E-state index contributed by atoms with van der Waals surface area (Å²) in [6, 6.07) is 0. The van der Waals surface area contributed by atoms with Gasteiger partial charge in [-0.05, 0) is 20.4 Å². The molecule has 2 nitrogen and oxygen atoms in total. The van der Waals surface area contributed by atoms with Gasteiger partial charge in [0.15, 0.2) is 0 Å². The maximum atomic E-state index is 3.47. The number of likely N-dealkylation sites (N-methyl/N-ethyl adjacent to an activating group) is 1. The number of piperazine rings is 1. The smallest absolute Gasteiger partial charge is 0.0303 e. The summed E-state index contributed by atoms with van der Waals surface area (Å²) in [6.45, 7) is 8.14. The first-order valence-electron chi connectivity index (χ1n) is 5.11. The van der Waals surface area contributed by atoms with E-state index in [1.807, 2.05) is 0 Å². The fourth-order valence-electron chi connectivity index (χ4n) is 1.85. The predicted molar refractivity (Wildman–Crippen MR) is 53.4 cm³/mol. The van der Waals surface area contributed by atoms with Crippen molar-refractivity contribution < 1.29 is 0 Å². The molecule has 12 heavy (non-hydrogen) atoms. The number of hydrogen-bond donors (Lipinski definition) is 1. The lowest BCUT2D eigenvalue weighted by Crippen LogP contribution is -2.57. The van der Waals surface area contributed by atoms with Gasteiger partial charge in [0.2, 0.25) is 0 Å². The Bertz CT molecular complexity index is 136. The molecule has 0 radical (unpaired) electrons. The summed E-state index contributed by atoms with van der Waals surface area (Å²) in [5.41, 5.74) is 0.411. The lowest BCUT2D eigenvalue weighted by atomic mass is 9.91. The Balaban J connectivity index is 2.42. The maximum Gasteiger partial charge on any atom is 0.0303 e. The van der Waals surface area contributed by atoms with Gasteiger partial charge in [0, 0.05) is 25.2 Å². The van der Waals surface area contributed by atoms with Gasteiger partial charge in [-0.25, -0.2) is 0 Å². The van der Waals surface area contributed by atoms with E-state index in [1.54, 1.807) is 0 Å². The molecule has 1 unspecified atom stereocenters. The van der Waals surface area contributed by atoms with Crippen molar-refractivity contribution in [2.24, 2.45) is 0 Å². The number of nitrogens with one attached hydrogen (secondary N) is 1. The molecule has 1 aliphatic heterocycles. The van der Waals surface area contributed by atoms with Crippen LogP contribution in [0.3, 0.4) is 0 Å². The van der Waals surface area contributed by atoms with E-state index in [2.05, 4.69) is 31.1 Å². The second-order valence-corrected chi connectivity index (χ2v) is 4.20. The highest BCUT2D eigenvalue weighted by molar-refractivity contribution is 4.90. The zero-order valence-electron chi connectivity index (χ0n) is 8.69. The van der Waals surface area contributed by atoms with E-state index in [4.69, 9.17) is 0 Å². The van der Waals surface area contributed by atoms with Crippen LogP contribution in [0.2, 0.25) is 0 Å². The van der Waals surface area contributed by atoms with Gasteiger partial charge in [0.1, 0.15) is 0 Å². The molecule has 72 valence electrons. The molecule has 0 aromatic heterocycles. The average Bonchev–Trinajstić information content (AvgIpc) is 2.07. The van der Waals surface area contributed by atoms with Crippen LogP contribution in [0.4, 0.5) is 0 Å². The normalized spacial score (nSPS) is 32.2. The summed E-state index contributed by atoms with van der Waals surface area (Å²) >= 11 is 0. The highest BCUT2D eigenvalue weighted by Crippen LogP contribution is 2.21. The number of nitrogens with zero attached hydrogens (tertiary/aromatic N) is 1. The second-order valence-electron chi connectivity index (χ2n) is 4.20. The molecule has 1 N–H and O–H groups in total. The first-order chi connectivity index (χ1) is 5.69. The Morgan fingerprint density at radius 1 is 1.50 bits per heavy atom. The van der Waals surface area contributed by atoms with Gasteiger partial charge >= 0.3 is 0 Å². The molecular weight excluding hydrogens is 148 g/mol. The molecule has 0 spiro atoms. The molecule has 1 saturated heterocycles. The van der Waals surface area contributed by atoms with Gasteiger partial charge in [0.25, 0.3) is 0 Å². The monoisotopic (exact) mass is 170 g/mol. The molecule has 0 aromatic rings. The van der Waals surface area contributed by atoms with Gasteiger partial charge in [-0.2, -0.15) is 0 Å². The third-order valence-corrected chi connectivity index (χ3v) is 3.12. The highest BCUT2D eigenvalue weighted by Gasteiger charge is 2.30. The summed E-state index contributed by atoms with van der Waals surface area (Å²) in [5.74, 6) is 0. The molecule has 0 aromatic carbocycles. The highest BCUT2D eigenvalue weighted by atomic mass is 15.2. The van der Waals surface area contributed by atoms with Crippen molar-refractivity contribution in [2.45, 2.75) is 38.6 Å². The maximum absolute atomic E-state index is 3.47. The zero-order chi connectivity index (χ0) is 9.03. The predicted octanol–water partition coefficient (Wildman–Crippen LogP) is 1.47. The fourth-order valence-corrected chi connectivity index (χ4v) is 1.85. The number of rotatable bonds is 3. The van der Waals surface area contributed by atoms with Crippen molar-refractivity contribution >= 4 is 0 Å². The van der Waals surface area contributed by atoms with Crippen molar-refractivity contribution in [1.29, 1.82) is 0 Å². The molecule has 1 rings (SSSR count). The first kappa shape index (κ1) is 10.0. The Kier molecular flexibility index (Phi) is 3.53. The third kappa shape index (κ3) is 2.20. The number of hydrogen-bond acceptors (Lipinski definition) is 2. The Hall–Kier alpha value is -0.0800. The van der Waals surface area contributed by atoms with Gasteiger partial charge < -0.3 is 5.32 Å². The second kappa shape index (κ2) is 4.24. The quantitative estimate of drug-likeness (QED) is 0.690. The third-order valence-electron chi connectivity index (χ3n) is 3.12. The molecule has 1 fully saturated rings. The standard InChI is InChI=1S/C10H22N2/c1-4-5-6-10(2)9-11-7-8-12(10)3/h11H,4-9H2,1-3H3. The molecule has 0 aliphatic carbocycles. The molecular formula is C10H22N2. The van der Waals surface area contributed by atoms with E-state index in [9.17, 15) is 0 Å². The van der Waals surface area contributed by atoms with Crippen LogP contribution in [-0.2, 0) is 0 Å². The minimum absolute atomic E-state index is 0.411. The fraction of sp³-hybridized carbons (Fsp3) is 1.00. The molecule has 2 heteroatoms. The summed E-state index contributed by atoms with van der Waals surface area (Å²) in [4.78, 5) is 2.50. The SMILES string of the molecule is CCCCC1(C)CNCCN1C. The average molecular weight is 170 g/mol. The van der Waals surface area contributed by atoms with Crippen molar-refractivity contribution in [3.05, 3.63) is 0 Å². The van der Waals surface area contributed by atoms with Gasteiger partial charge in [-0.1, -0.05) is 19.8 Å². The molecule has 0 bridgehead atoms. The Morgan fingerprint density at radius 2 is 2.25 bits per heavy atom. The van der Waals surface area contributed by atoms with Crippen LogP contribution >= 0.6 is 0 Å². The van der Waals surface area contributed by atoms with Crippen LogP contribution in [0.5, 0.6) is 0 Å². The largest absolute Gasteiger partial charge is 0.314 e. The van der Waals surface area contributed by atoms with Crippen LogP contribution in [0, 0.1) is 0 Å². The molecule has 0 saturated carbocycles. The summed E-state index contributed by atoms with van der Waals surface area (Å²) in [6.07, 6.45) is 3.99. The van der Waals surface area contributed by atoms with Crippen LogP contribution in [0.25, 0.3) is 0 Å². The van der Waals surface area contributed by atoms with Crippen LogP contribution in [-0.4, -0.2) is 37.1 Å². The van der Waals surface area contributed by atoms with E-state index >= 15 is 0 Å². The van der Waals surface area contributed by atoms with Gasteiger partial charge in [-0.15, -0.1) is 0 Å². The Labute approximate surface area is 76.3 Å². The molecule has 1 atom stereocenters. The molecule has 1 aliphatic rings. The van der Waals surface area contributed by atoms with E-state index in [-0.39, 0.29) is 0 Å². The Morgan fingerprint density at radius 3 is 2.83 bits per heavy atom. The van der Waals surface area contributed by atoms with Crippen molar-refractivity contribution in [3.8, 4) is 0 Å². The van der Waals surface area contributed by atoms with Crippen LogP contribution in [0.1, 0.15) is 33.1 Å². The first-order valence-corrected chi connectivity index (χ1v) is 5.11. The van der Waals surface area contributed by atoms with Gasteiger partial charge in [0.05, 0.1) is 0 Å². The molecule has 1 heterocycles. The van der Waals surface area contributed by atoms with Crippen LogP contribution in [0.15, 0.2) is 0 Å².